The molecule has 21 heavy (non-hydrogen) atoms. The Morgan fingerprint density at radius 3 is 2.81 bits per heavy atom. The lowest BCUT2D eigenvalue weighted by Crippen LogP contribution is -2.36. The van der Waals surface area contributed by atoms with Gasteiger partial charge in [-0.15, -0.1) is 0 Å². The molecule has 1 heterocycles. The van der Waals surface area contributed by atoms with Gasteiger partial charge in [0.15, 0.2) is 5.84 Å². The van der Waals surface area contributed by atoms with Gasteiger partial charge in [-0.2, -0.15) is 10.4 Å². The lowest BCUT2D eigenvalue weighted by molar-refractivity contribution is 0.122. The van der Waals surface area contributed by atoms with Crippen molar-refractivity contribution < 1.29 is 4.74 Å². The van der Waals surface area contributed by atoms with Crippen molar-refractivity contribution in [2.75, 3.05) is 36.6 Å². The van der Waals surface area contributed by atoms with Crippen molar-refractivity contribution in [1.29, 1.82) is 10.7 Å². The molecule has 110 valence electrons. The number of nitrogens with zero attached hydrogens (tertiary/aromatic N) is 3. The second kappa shape index (κ2) is 6.92. The summed E-state index contributed by atoms with van der Waals surface area (Å²) in [6.45, 7) is 2.99. The molecule has 0 aliphatic carbocycles. The van der Waals surface area contributed by atoms with Gasteiger partial charge < -0.3 is 15.4 Å². The zero-order chi connectivity index (χ0) is 15.2. The zero-order valence-electron chi connectivity index (χ0n) is 11.3. The van der Waals surface area contributed by atoms with Crippen LogP contribution in [0.3, 0.4) is 0 Å². The van der Waals surface area contributed by atoms with Crippen LogP contribution in [0.5, 0.6) is 0 Å². The van der Waals surface area contributed by atoms with Gasteiger partial charge in [0.25, 0.3) is 0 Å². The summed E-state index contributed by atoms with van der Waals surface area (Å²) in [5, 5.41) is 20.3. The molecule has 0 spiro atoms. The summed E-state index contributed by atoms with van der Waals surface area (Å²) in [5.74, 6) is -0.398. The molecule has 0 amide bonds. The number of benzene rings is 1. The van der Waals surface area contributed by atoms with Gasteiger partial charge in [-0.25, -0.2) is 0 Å². The summed E-state index contributed by atoms with van der Waals surface area (Å²) in [5.41, 5.74) is 9.26. The zero-order valence-corrected chi connectivity index (χ0v) is 12.0. The van der Waals surface area contributed by atoms with Gasteiger partial charge >= 0.3 is 0 Å². The van der Waals surface area contributed by atoms with Crippen LogP contribution < -0.4 is 16.1 Å². The van der Waals surface area contributed by atoms with E-state index >= 15 is 0 Å². The SMILES string of the molecule is N#C/C(=N\Nc1cc(N2CCOCC2)ccc1Cl)C(=N)N. The van der Waals surface area contributed by atoms with Gasteiger partial charge in [0, 0.05) is 18.8 Å². The van der Waals surface area contributed by atoms with Crippen molar-refractivity contribution >= 4 is 34.5 Å². The molecule has 0 radical (unpaired) electrons. The number of amidine groups is 1. The molecule has 1 aliphatic heterocycles. The van der Waals surface area contributed by atoms with Crippen LogP contribution in [0, 0.1) is 16.7 Å². The van der Waals surface area contributed by atoms with E-state index in [1.807, 2.05) is 12.1 Å². The van der Waals surface area contributed by atoms with E-state index < -0.39 is 5.84 Å². The van der Waals surface area contributed by atoms with Crippen LogP contribution in [-0.2, 0) is 4.74 Å². The molecule has 8 heteroatoms. The molecule has 1 saturated heterocycles. The third kappa shape index (κ3) is 3.84. The Balaban J connectivity index is 2.19. The number of anilines is 2. The number of nitriles is 1. The Labute approximate surface area is 127 Å². The highest BCUT2D eigenvalue weighted by Crippen LogP contribution is 2.28. The Morgan fingerprint density at radius 1 is 1.48 bits per heavy atom. The number of morpholine rings is 1. The summed E-state index contributed by atoms with van der Waals surface area (Å²) < 4.78 is 5.32. The third-order valence-electron chi connectivity index (χ3n) is 2.98. The van der Waals surface area contributed by atoms with Crippen molar-refractivity contribution in [2.45, 2.75) is 0 Å². The lowest BCUT2D eigenvalue weighted by Gasteiger charge is -2.29. The van der Waals surface area contributed by atoms with Crippen LogP contribution in [0.4, 0.5) is 11.4 Å². The first-order valence-corrected chi connectivity index (χ1v) is 6.70. The number of nitrogens with one attached hydrogen (secondary N) is 2. The Hall–Kier alpha value is -2.30. The summed E-state index contributed by atoms with van der Waals surface area (Å²) in [6, 6.07) is 7.25. The fraction of sp³-hybridized carbons (Fsp3) is 0.308. The molecule has 1 aromatic carbocycles. The standard InChI is InChI=1S/C13H15ClN6O/c14-10-2-1-9(20-3-5-21-6-4-20)7-11(10)18-19-12(8-15)13(16)17/h1-2,7,18H,3-6H2,(H3,16,17)/b19-12+. The van der Waals surface area contributed by atoms with Crippen LogP contribution in [0.2, 0.25) is 5.02 Å². The van der Waals surface area contributed by atoms with Crippen LogP contribution in [0.1, 0.15) is 0 Å². The van der Waals surface area contributed by atoms with E-state index in [0.29, 0.717) is 23.9 Å². The second-order valence-corrected chi connectivity index (χ2v) is 4.77. The van der Waals surface area contributed by atoms with Crippen molar-refractivity contribution in [2.24, 2.45) is 10.8 Å². The van der Waals surface area contributed by atoms with E-state index in [0.717, 1.165) is 18.8 Å². The molecule has 0 unspecified atom stereocenters. The second-order valence-electron chi connectivity index (χ2n) is 4.36. The van der Waals surface area contributed by atoms with Crippen LogP contribution in [0.15, 0.2) is 23.3 Å². The minimum atomic E-state index is -0.398. The number of hydrogen-bond acceptors (Lipinski definition) is 6. The summed E-state index contributed by atoms with van der Waals surface area (Å²) in [7, 11) is 0. The van der Waals surface area contributed by atoms with Gasteiger partial charge in [0.05, 0.1) is 23.9 Å². The average molecular weight is 307 g/mol. The number of halogens is 1. The molecule has 0 atom stereocenters. The Morgan fingerprint density at radius 2 is 2.19 bits per heavy atom. The first kappa shape index (κ1) is 15.1. The monoisotopic (exact) mass is 306 g/mol. The highest BCUT2D eigenvalue weighted by atomic mass is 35.5. The van der Waals surface area contributed by atoms with E-state index in [4.69, 9.17) is 32.7 Å². The van der Waals surface area contributed by atoms with Gasteiger partial charge in [-0.1, -0.05) is 11.6 Å². The fourth-order valence-corrected chi connectivity index (χ4v) is 2.04. The average Bonchev–Trinajstić information content (AvgIpc) is 2.50. The number of nitrogens with two attached hydrogens (primary N) is 1. The summed E-state index contributed by atoms with van der Waals surface area (Å²) in [6.07, 6.45) is 0. The predicted octanol–water partition coefficient (Wildman–Crippen LogP) is 1.40. The number of rotatable bonds is 4. The third-order valence-corrected chi connectivity index (χ3v) is 3.30. The predicted molar refractivity (Wildman–Crippen MR) is 83.1 cm³/mol. The highest BCUT2D eigenvalue weighted by Gasteiger charge is 2.13. The first-order valence-electron chi connectivity index (χ1n) is 6.32. The maximum Gasteiger partial charge on any atom is 0.201 e. The summed E-state index contributed by atoms with van der Waals surface area (Å²) >= 11 is 6.10. The van der Waals surface area contributed by atoms with Crippen molar-refractivity contribution in [3.63, 3.8) is 0 Å². The molecule has 1 aromatic rings. The Kier molecular flexibility index (Phi) is 4.98. The van der Waals surface area contributed by atoms with Crippen LogP contribution >= 0.6 is 11.6 Å². The van der Waals surface area contributed by atoms with E-state index in [1.165, 1.54) is 0 Å². The van der Waals surface area contributed by atoms with Gasteiger partial charge in [0.1, 0.15) is 6.07 Å². The van der Waals surface area contributed by atoms with Crippen molar-refractivity contribution in [1.82, 2.24) is 0 Å². The van der Waals surface area contributed by atoms with Crippen molar-refractivity contribution in [3.8, 4) is 6.07 Å². The minimum Gasteiger partial charge on any atom is -0.382 e. The van der Waals surface area contributed by atoms with Gasteiger partial charge in [-0.3, -0.25) is 10.8 Å². The molecule has 7 nitrogen and oxygen atoms in total. The number of ether oxygens (including phenoxy) is 1. The van der Waals surface area contributed by atoms with E-state index in [1.54, 1.807) is 12.1 Å². The van der Waals surface area contributed by atoms with Crippen molar-refractivity contribution in [3.05, 3.63) is 23.2 Å². The molecule has 1 fully saturated rings. The lowest BCUT2D eigenvalue weighted by atomic mass is 10.2. The highest BCUT2D eigenvalue weighted by molar-refractivity contribution is 6.46. The molecule has 4 N–H and O–H groups in total. The molecular formula is C13H15ClN6O. The van der Waals surface area contributed by atoms with Gasteiger partial charge in [-0.05, 0) is 18.2 Å². The molecule has 1 aliphatic rings. The fourth-order valence-electron chi connectivity index (χ4n) is 1.88. The smallest absolute Gasteiger partial charge is 0.201 e. The quantitative estimate of drug-likeness (QED) is 0.442. The number of hydrogen-bond donors (Lipinski definition) is 3. The van der Waals surface area contributed by atoms with E-state index in [-0.39, 0.29) is 5.71 Å². The molecule has 0 aromatic heterocycles. The van der Waals surface area contributed by atoms with E-state index in [2.05, 4.69) is 15.4 Å². The van der Waals surface area contributed by atoms with Crippen LogP contribution in [-0.4, -0.2) is 37.9 Å². The summed E-state index contributed by atoms with van der Waals surface area (Å²) in [4.78, 5) is 2.17. The first-order chi connectivity index (χ1) is 10.1. The number of hydrazone groups is 1. The molecular weight excluding hydrogens is 292 g/mol. The minimum absolute atomic E-state index is 0.192. The topological polar surface area (TPSA) is 111 Å². The molecule has 2 rings (SSSR count). The molecule has 0 bridgehead atoms. The largest absolute Gasteiger partial charge is 0.382 e. The Bertz CT molecular complexity index is 603. The maximum atomic E-state index is 8.81. The van der Waals surface area contributed by atoms with Gasteiger partial charge in [0.2, 0.25) is 5.71 Å². The van der Waals surface area contributed by atoms with Crippen LogP contribution in [0.25, 0.3) is 0 Å². The molecule has 0 saturated carbocycles. The normalized spacial score (nSPS) is 15.4. The van der Waals surface area contributed by atoms with E-state index in [9.17, 15) is 0 Å². The maximum absolute atomic E-state index is 8.81.